The quantitative estimate of drug-likeness (QED) is 0.493. The molecule has 3 N–H and O–H groups in total. The molecule has 0 spiro atoms. The van der Waals surface area contributed by atoms with Gasteiger partial charge in [-0.05, 0) is 12.1 Å². The van der Waals surface area contributed by atoms with Gasteiger partial charge in [0, 0.05) is 23.7 Å². The molecule has 4 nitrogen and oxygen atoms in total. The first kappa shape index (κ1) is 14.8. The van der Waals surface area contributed by atoms with E-state index in [1.807, 2.05) is 0 Å². The second-order valence-electron chi connectivity index (χ2n) is 3.47. The number of benzene rings is 1. The summed E-state index contributed by atoms with van der Waals surface area (Å²) in [4.78, 5) is 3.85. The SMILES string of the molecule is COCCNC(N)=NCc1c(F)cc(Br)cc1F. The summed E-state index contributed by atoms with van der Waals surface area (Å²) in [5.74, 6) is -1.19. The molecule has 0 aliphatic rings. The van der Waals surface area contributed by atoms with Gasteiger partial charge in [0.1, 0.15) is 11.6 Å². The average molecular weight is 322 g/mol. The van der Waals surface area contributed by atoms with E-state index in [0.29, 0.717) is 17.6 Å². The Morgan fingerprint density at radius 3 is 2.61 bits per heavy atom. The second-order valence-corrected chi connectivity index (χ2v) is 4.38. The summed E-state index contributed by atoms with van der Waals surface area (Å²) in [6, 6.07) is 2.37. The Bertz CT molecular complexity index is 417. The van der Waals surface area contributed by atoms with Crippen molar-refractivity contribution in [1.29, 1.82) is 0 Å². The lowest BCUT2D eigenvalue weighted by Gasteiger charge is -2.06. The smallest absolute Gasteiger partial charge is 0.189 e. The lowest BCUT2D eigenvalue weighted by molar-refractivity contribution is 0.204. The molecule has 0 saturated carbocycles. The number of hydrogen-bond acceptors (Lipinski definition) is 2. The number of ether oxygens (including phenoxy) is 1. The third-order valence-electron chi connectivity index (χ3n) is 2.13. The number of methoxy groups -OCH3 is 1. The van der Waals surface area contributed by atoms with Crippen molar-refractivity contribution in [3.8, 4) is 0 Å². The molecule has 1 aromatic carbocycles. The summed E-state index contributed by atoms with van der Waals surface area (Å²) in [7, 11) is 1.56. The van der Waals surface area contributed by atoms with E-state index in [0.717, 1.165) is 0 Å². The van der Waals surface area contributed by atoms with Crippen LogP contribution >= 0.6 is 15.9 Å². The minimum absolute atomic E-state index is 0.116. The Morgan fingerprint density at radius 1 is 1.44 bits per heavy atom. The highest BCUT2D eigenvalue weighted by Crippen LogP contribution is 2.19. The zero-order chi connectivity index (χ0) is 13.5. The summed E-state index contributed by atoms with van der Waals surface area (Å²) < 4.78 is 32.0. The Kier molecular flexibility index (Phi) is 6.00. The van der Waals surface area contributed by atoms with Gasteiger partial charge in [-0.15, -0.1) is 0 Å². The number of guanidine groups is 1. The van der Waals surface area contributed by atoms with Gasteiger partial charge < -0.3 is 15.8 Å². The molecule has 0 atom stereocenters. The van der Waals surface area contributed by atoms with Gasteiger partial charge in [-0.3, -0.25) is 0 Å². The van der Waals surface area contributed by atoms with Crippen LogP contribution in [0.15, 0.2) is 21.6 Å². The molecule has 0 aliphatic heterocycles. The van der Waals surface area contributed by atoms with Gasteiger partial charge in [-0.2, -0.15) is 0 Å². The number of nitrogens with one attached hydrogen (secondary N) is 1. The fourth-order valence-electron chi connectivity index (χ4n) is 1.22. The van der Waals surface area contributed by atoms with E-state index < -0.39 is 11.6 Å². The monoisotopic (exact) mass is 321 g/mol. The summed E-state index contributed by atoms with van der Waals surface area (Å²) >= 11 is 3.00. The molecule has 1 aromatic rings. The van der Waals surface area contributed by atoms with E-state index in [9.17, 15) is 8.78 Å². The number of hydrogen-bond donors (Lipinski definition) is 2. The third-order valence-corrected chi connectivity index (χ3v) is 2.58. The van der Waals surface area contributed by atoms with E-state index in [4.69, 9.17) is 10.5 Å². The number of aliphatic imine (C=N–C) groups is 1. The predicted molar refractivity (Wildman–Crippen MR) is 69.3 cm³/mol. The maximum absolute atomic E-state index is 13.4. The van der Waals surface area contributed by atoms with Crippen molar-refractivity contribution in [3.63, 3.8) is 0 Å². The van der Waals surface area contributed by atoms with Crippen LogP contribution in [0.4, 0.5) is 8.78 Å². The van der Waals surface area contributed by atoms with Gasteiger partial charge in [0.2, 0.25) is 0 Å². The van der Waals surface area contributed by atoms with E-state index in [-0.39, 0.29) is 18.1 Å². The molecular formula is C11H14BrF2N3O. The topological polar surface area (TPSA) is 59.6 Å². The van der Waals surface area contributed by atoms with Crippen LogP contribution in [0.3, 0.4) is 0 Å². The van der Waals surface area contributed by atoms with Crippen molar-refractivity contribution in [3.05, 3.63) is 33.8 Å². The Balaban J connectivity index is 2.65. The maximum Gasteiger partial charge on any atom is 0.189 e. The molecule has 0 radical (unpaired) electrons. The van der Waals surface area contributed by atoms with Crippen LogP contribution in [-0.2, 0) is 11.3 Å². The molecule has 0 unspecified atom stereocenters. The van der Waals surface area contributed by atoms with Gasteiger partial charge >= 0.3 is 0 Å². The summed E-state index contributed by atoms with van der Waals surface area (Å²) in [6.07, 6.45) is 0. The lowest BCUT2D eigenvalue weighted by atomic mass is 10.2. The van der Waals surface area contributed by atoms with Crippen LogP contribution in [-0.4, -0.2) is 26.2 Å². The third kappa shape index (κ3) is 4.58. The highest BCUT2D eigenvalue weighted by Gasteiger charge is 2.09. The maximum atomic E-state index is 13.4. The molecule has 7 heteroatoms. The van der Waals surface area contributed by atoms with Crippen LogP contribution in [0.5, 0.6) is 0 Å². The highest BCUT2D eigenvalue weighted by atomic mass is 79.9. The fraction of sp³-hybridized carbons (Fsp3) is 0.364. The van der Waals surface area contributed by atoms with Crippen molar-refractivity contribution in [1.82, 2.24) is 5.32 Å². The molecule has 0 heterocycles. The molecular weight excluding hydrogens is 308 g/mol. The molecule has 0 saturated heterocycles. The summed E-state index contributed by atoms with van der Waals surface area (Å²) in [6.45, 7) is 0.797. The second kappa shape index (κ2) is 7.27. The van der Waals surface area contributed by atoms with E-state index in [1.165, 1.54) is 12.1 Å². The molecule has 0 aliphatic carbocycles. The molecule has 0 amide bonds. The number of rotatable bonds is 5. The molecule has 0 aromatic heterocycles. The minimum atomic E-state index is -0.657. The van der Waals surface area contributed by atoms with Crippen molar-refractivity contribution in [2.24, 2.45) is 10.7 Å². The van der Waals surface area contributed by atoms with Gasteiger partial charge in [0.25, 0.3) is 0 Å². The summed E-state index contributed by atoms with van der Waals surface area (Å²) in [5, 5.41) is 2.75. The molecule has 1 rings (SSSR count). The first-order chi connectivity index (χ1) is 8.54. The molecule has 100 valence electrons. The largest absolute Gasteiger partial charge is 0.383 e. The fourth-order valence-corrected chi connectivity index (χ4v) is 1.63. The number of nitrogens with two attached hydrogens (primary N) is 1. The number of halogens is 3. The zero-order valence-corrected chi connectivity index (χ0v) is 11.4. The Morgan fingerprint density at radius 2 is 2.06 bits per heavy atom. The first-order valence-corrected chi connectivity index (χ1v) is 6.00. The van der Waals surface area contributed by atoms with Crippen LogP contribution in [0.2, 0.25) is 0 Å². The number of nitrogens with zero attached hydrogens (tertiary/aromatic N) is 1. The van der Waals surface area contributed by atoms with E-state index in [2.05, 4.69) is 26.2 Å². The highest BCUT2D eigenvalue weighted by molar-refractivity contribution is 9.10. The normalized spacial score (nSPS) is 11.7. The lowest BCUT2D eigenvalue weighted by Crippen LogP contribution is -2.34. The first-order valence-electron chi connectivity index (χ1n) is 5.20. The van der Waals surface area contributed by atoms with Gasteiger partial charge in [-0.25, -0.2) is 13.8 Å². The predicted octanol–water partition coefficient (Wildman–Crippen LogP) is 1.78. The zero-order valence-electron chi connectivity index (χ0n) is 9.84. The molecule has 0 bridgehead atoms. The van der Waals surface area contributed by atoms with Crippen LogP contribution in [0.1, 0.15) is 5.56 Å². The van der Waals surface area contributed by atoms with Gasteiger partial charge in [0.05, 0.1) is 13.2 Å². The standard InChI is InChI=1S/C11H14BrF2N3O/c1-18-3-2-16-11(15)17-6-8-9(13)4-7(12)5-10(8)14/h4-5H,2-3,6H2,1H3,(H3,15,16,17). The van der Waals surface area contributed by atoms with Crippen molar-refractivity contribution in [2.45, 2.75) is 6.54 Å². The van der Waals surface area contributed by atoms with Crippen molar-refractivity contribution < 1.29 is 13.5 Å². The van der Waals surface area contributed by atoms with Crippen LogP contribution in [0, 0.1) is 11.6 Å². The van der Waals surface area contributed by atoms with Crippen LogP contribution in [0.25, 0.3) is 0 Å². The minimum Gasteiger partial charge on any atom is -0.383 e. The van der Waals surface area contributed by atoms with E-state index in [1.54, 1.807) is 7.11 Å². The Hall–Kier alpha value is -1.21. The van der Waals surface area contributed by atoms with Gasteiger partial charge in [0.15, 0.2) is 5.96 Å². The Labute approximate surface area is 112 Å². The van der Waals surface area contributed by atoms with Crippen LogP contribution < -0.4 is 11.1 Å². The van der Waals surface area contributed by atoms with Gasteiger partial charge in [-0.1, -0.05) is 15.9 Å². The molecule has 0 fully saturated rings. The van der Waals surface area contributed by atoms with E-state index >= 15 is 0 Å². The average Bonchev–Trinajstić information content (AvgIpc) is 2.27. The van der Waals surface area contributed by atoms with Crippen molar-refractivity contribution in [2.75, 3.05) is 20.3 Å². The van der Waals surface area contributed by atoms with Crippen molar-refractivity contribution >= 4 is 21.9 Å². The molecule has 18 heavy (non-hydrogen) atoms. The summed E-state index contributed by atoms with van der Waals surface area (Å²) in [5.41, 5.74) is 5.41.